The minimum absolute atomic E-state index is 0.0548. The Kier molecular flexibility index (Phi) is 11.4. The van der Waals surface area contributed by atoms with E-state index in [-0.39, 0.29) is 18.5 Å². The van der Waals surface area contributed by atoms with Gasteiger partial charge in [-0.1, -0.05) is 37.3 Å². The van der Waals surface area contributed by atoms with E-state index in [0.29, 0.717) is 44.2 Å². The lowest BCUT2D eigenvalue weighted by atomic mass is 10.1. The van der Waals surface area contributed by atoms with Crippen LogP contribution in [0.4, 0.5) is 10.5 Å². The van der Waals surface area contributed by atoms with Gasteiger partial charge in [0.25, 0.3) is 0 Å². The monoisotopic (exact) mass is 539 g/mol. The van der Waals surface area contributed by atoms with Crippen molar-refractivity contribution < 1.29 is 23.8 Å². The summed E-state index contributed by atoms with van der Waals surface area (Å²) in [7, 11) is 4.79. The van der Waals surface area contributed by atoms with Crippen LogP contribution in [-0.2, 0) is 28.9 Å². The summed E-state index contributed by atoms with van der Waals surface area (Å²) in [6.45, 7) is 3.57. The summed E-state index contributed by atoms with van der Waals surface area (Å²) in [5, 5.41) is 4.97. The summed E-state index contributed by atoms with van der Waals surface area (Å²) in [4.78, 5) is 31.2. The number of nitrogens with one attached hydrogen (secondary N) is 1. The van der Waals surface area contributed by atoms with E-state index in [1.54, 1.807) is 37.6 Å². The van der Waals surface area contributed by atoms with E-state index in [1.807, 2.05) is 66.9 Å². The molecule has 9 heteroatoms. The Hall–Kier alpha value is -3.56. The molecule has 0 spiro atoms. The Morgan fingerprint density at radius 3 is 2.39 bits per heavy atom. The van der Waals surface area contributed by atoms with Gasteiger partial charge in [0, 0.05) is 30.8 Å². The first kappa shape index (κ1) is 29.0. The number of hydrogen-bond donors (Lipinski definition) is 1. The van der Waals surface area contributed by atoms with Gasteiger partial charge in [-0.15, -0.1) is 11.3 Å². The van der Waals surface area contributed by atoms with Crippen molar-refractivity contribution in [3.8, 4) is 11.5 Å². The molecule has 0 fully saturated rings. The van der Waals surface area contributed by atoms with Gasteiger partial charge >= 0.3 is 6.03 Å². The van der Waals surface area contributed by atoms with Crippen LogP contribution in [0.15, 0.2) is 60.0 Å². The zero-order valence-electron chi connectivity index (χ0n) is 22.6. The number of benzene rings is 2. The highest BCUT2D eigenvalue weighted by Crippen LogP contribution is 2.28. The van der Waals surface area contributed by atoms with E-state index in [1.165, 1.54) is 4.90 Å². The molecule has 3 amide bonds. The van der Waals surface area contributed by atoms with Gasteiger partial charge in [0.15, 0.2) is 11.5 Å². The lowest BCUT2D eigenvalue weighted by Gasteiger charge is -2.28. The number of thiophene rings is 1. The summed E-state index contributed by atoms with van der Waals surface area (Å²) >= 11 is 1.60. The van der Waals surface area contributed by atoms with E-state index in [9.17, 15) is 9.59 Å². The van der Waals surface area contributed by atoms with Crippen molar-refractivity contribution in [1.29, 1.82) is 0 Å². The van der Waals surface area contributed by atoms with Crippen LogP contribution in [0.25, 0.3) is 0 Å². The number of amides is 3. The van der Waals surface area contributed by atoms with Gasteiger partial charge in [0.1, 0.15) is 6.54 Å². The van der Waals surface area contributed by atoms with Gasteiger partial charge in [-0.3, -0.25) is 4.79 Å². The van der Waals surface area contributed by atoms with Crippen molar-refractivity contribution in [2.75, 3.05) is 52.9 Å². The fourth-order valence-electron chi connectivity index (χ4n) is 4.04. The molecule has 0 atom stereocenters. The number of aryl methyl sites for hydroxylation is 1. The molecule has 0 unspecified atom stereocenters. The highest BCUT2D eigenvalue weighted by atomic mass is 32.1. The summed E-state index contributed by atoms with van der Waals surface area (Å²) in [5.41, 5.74) is 2.81. The molecule has 0 radical (unpaired) electrons. The molecule has 0 saturated carbocycles. The van der Waals surface area contributed by atoms with Crippen LogP contribution in [0.1, 0.15) is 22.9 Å². The Morgan fingerprint density at radius 1 is 0.921 bits per heavy atom. The average molecular weight is 540 g/mol. The molecule has 0 aliphatic heterocycles. The first-order chi connectivity index (χ1) is 18.5. The van der Waals surface area contributed by atoms with Crippen molar-refractivity contribution in [3.63, 3.8) is 0 Å². The highest BCUT2D eigenvalue weighted by Gasteiger charge is 2.22. The number of methoxy groups -OCH3 is 3. The maximum Gasteiger partial charge on any atom is 0.322 e. The van der Waals surface area contributed by atoms with Crippen LogP contribution in [0.2, 0.25) is 0 Å². The predicted octanol–water partition coefficient (Wildman–Crippen LogP) is 5.08. The molecule has 3 aromatic rings. The Bertz CT molecular complexity index is 1170. The molecule has 0 aliphatic rings. The Balaban J connectivity index is 1.75. The number of para-hydroxylation sites is 1. The molecular weight excluding hydrogens is 502 g/mol. The van der Waals surface area contributed by atoms with E-state index < -0.39 is 0 Å². The third-order valence-electron chi connectivity index (χ3n) is 6.22. The van der Waals surface area contributed by atoms with Crippen LogP contribution in [0, 0.1) is 0 Å². The molecule has 0 aliphatic carbocycles. The number of nitrogens with zero attached hydrogens (tertiary/aromatic N) is 2. The third kappa shape index (κ3) is 8.22. The quantitative estimate of drug-likeness (QED) is 0.309. The zero-order valence-corrected chi connectivity index (χ0v) is 23.4. The molecule has 38 heavy (non-hydrogen) atoms. The van der Waals surface area contributed by atoms with Gasteiger partial charge in [-0.2, -0.15) is 0 Å². The zero-order chi connectivity index (χ0) is 27.3. The molecule has 0 saturated heterocycles. The molecule has 1 N–H and O–H groups in total. The fourth-order valence-corrected chi connectivity index (χ4v) is 4.76. The molecule has 204 valence electrons. The Labute approximate surface area is 229 Å². The highest BCUT2D eigenvalue weighted by molar-refractivity contribution is 7.09. The van der Waals surface area contributed by atoms with Crippen molar-refractivity contribution >= 4 is 29.0 Å². The van der Waals surface area contributed by atoms with Crippen LogP contribution < -0.4 is 14.8 Å². The van der Waals surface area contributed by atoms with Gasteiger partial charge in [-0.25, -0.2) is 4.79 Å². The lowest BCUT2D eigenvalue weighted by molar-refractivity contribution is -0.132. The topological polar surface area (TPSA) is 80.3 Å². The Morgan fingerprint density at radius 2 is 1.71 bits per heavy atom. The number of carbonyl (C=O) groups excluding carboxylic acids is 2. The van der Waals surface area contributed by atoms with Crippen molar-refractivity contribution in [2.24, 2.45) is 0 Å². The fraction of sp³-hybridized carbons (Fsp3) is 0.379. The molecule has 1 aromatic heterocycles. The summed E-state index contributed by atoms with van der Waals surface area (Å²) in [6, 6.07) is 17.1. The van der Waals surface area contributed by atoms with Crippen LogP contribution in [-0.4, -0.2) is 69.3 Å². The van der Waals surface area contributed by atoms with E-state index >= 15 is 0 Å². The van der Waals surface area contributed by atoms with E-state index in [4.69, 9.17) is 14.2 Å². The minimum Gasteiger partial charge on any atom is -0.493 e. The largest absolute Gasteiger partial charge is 0.493 e. The van der Waals surface area contributed by atoms with Crippen molar-refractivity contribution in [1.82, 2.24) is 9.80 Å². The third-order valence-corrected chi connectivity index (χ3v) is 7.08. The number of rotatable bonds is 14. The second-order valence-electron chi connectivity index (χ2n) is 8.69. The predicted molar refractivity (Wildman–Crippen MR) is 151 cm³/mol. The number of anilines is 1. The van der Waals surface area contributed by atoms with Gasteiger partial charge in [0.05, 0.1) is 27.4 Å². The molecule has 8 nitrogen and oxygen atoms in total. The lowest BCUT2D eigenvalue weighted by Crippen LogP contribution is -2.46. The number of ether oxygens (including phenoxy) is 3. The molecular formula is C29H37N3O5S. The smallest absolute Gasteiger partial charge is 0.322 e. The summed E-state index contributed by atoms with van der Waals surface area (Å²) in [6.07, 6.45) is 1.42. The maximum atomic E-state index is 13.6. The number of urea groups is 1. The minimum atomic E-state index is -0.327. The summed E-state index contributed by atoms with van der Waals surface area (Å²) in [5.74, 6) is 1.18. The van der Waals surface area contributed by atoms with Crippen molar-refractivity contribution in [2.45, 2.75) is 26.3 Å². The molecule has 2 aromatic carbocycles. The molecule has 0 bridgehead atoms. The molecule has 1 heterocycles. The van der Waals surface area contributed by atoms with Crippen molar-refractivity contribution in [3.05, 3.63) is 76.0 Å². The average Bonchev–Trinajstić information content (AvgIpc) is 3.46. The van der Waals surface area contributed by atoms with Gasteiger partial charge < -0.3 is 29.3 Å². The van der Waals surface area contributed by atoms with Gasteiger partial charge in [-0.05, 0) is 53.6 Å². The second kappa shape index (κ2) is 15.0. The number of hydrogen-bond acceptors (Lipinski definition) is 6. The second-order valence-corrected chi connectivity index (χ2v) is 9.72. The summed E-state index contributed by atoms with van der Waals surface area (Å²) < 4.78 is 16.0. The SMILES string of the molecule is CCc1ccccc1NC(=O)N(CCOC)CC(=O)N(CCc1ccc(OC)c(OC)c1)Cc1cccs1. The van der Waals surface area contributed by atoms with Crippen LogP contribution in [0.3, 0.4) is 0 Å². The standard InChI is InChI=1S/C29H37N3O5S/c1-5-23-9-6-7-11-25(23)30-29(34)32(16-17-35-2)21-28(33)31(20-24-10-8-18-38-24)15-14-22-12-13-26(36-3)27(19-22)37-4/h6-13,18-19H,5,14-17,20-21H2,1-4H3,(H,30,34). The van der Waals surface area contributed by atoms with E-state index in [0.717, 1.165) is 28.1 Å². The first-order valence-corrected chi connectivity index (χ1v) is 13.5. The number of carbonyl (C=O) groups is 2. The van der Waals surface area contributed by atoms with Gasteiger partial charge in [0.2, 0.25) is 5.91 Å². The van der Waals surface area contributed by atoms with E-state index in [2.05, 4.69) is 5.32 Å². The molecule has 3 rings (SSSR count). The first-order valence-electron chi connectivity index (χ1n) is 12.6. The van der Waals surface area contributed by atoms with Crippen LogP contribution in [0.5, 0.6) is 11.5 Å². The maximum absolute atomic E-state index is 13.6. The van der Waals surface area contributed by atoms with Crippen LogP contribution >= 0.6 is 11.3 Å². The normalized spacial score (nSPS) is 10.6.